The van der Waals surface area contributed by atoms with Crippen molar-refractivity contribution in [3.63, 3.8) is 0 Å². The van der Waals surface area contributed by atoms with Crippen molar-refractivity contribution in [1.82, 2.24) is 0 Å². The number of hydrogen-bond acceptors (Lipinski definition) is 1. The highest BCUT2D eigenvalue weighted by molar-refractivity contribution is 5.91. The molecule has 1 aromatic rings. The fourth-order valence-electron chi connectivity index (χ4n) is 3.16. The molecule has 0 heterocycles. The largest absolute Gasteiger partial charge is 0.299 e. The molecule has 72 valence electrons. The molecule has 2 unspecified atom stereocenters. The average molecular weight is 186 g/mol. The zero-order valence-corrected chi connectivity index (χ0v) is 8.15. The summed E-state index contributed by atoms with van der Waals surface area (Å²) < 4.78 is 0. The molecule has 0 N–H and O–H groups in total. The number of hydrogen-bond donors (Lipinski definition) is 0. The van der Waals surface area contributed by atoms with Gasteiger partial charge in [-0.05, 0) is 30.7 Å². The third-order valence-electron chi connectivity index (χ3n) is 3.81. The van der Waals surface area contributed by atoms with Gasteiger partial charge in [0.05, 0.1) is 0 Å². The van der Waals surface area contributed by atoms with Crippen molar-refractivity contribution in [3.05, 3.63) is 35.9 Å². The standard InChI is InChI=1S/C13H14O/c14-13-11-7-6-10(8-11)12(13)9-4-2-1-3-5-9/h1-5,10-12H,6-8H2/t10-,11?,12?/m1/s1. The van der Waals surface area contributed by atoms with Crippen molar-refractivity contribution in [1.29, 1.82) is 0 Å². The summed E-state index contributed by atoms with van der Waals surface area (Å²) in [7, 11) is 0. The lowest BCUT2D eigenvalue weighted by molar-refractivity contribution is -0.123. The smallest absolute Gasteiger partial charge is 0.143 e. The molecule has 2 fully saturated rings. The van der Waals surface area contributed by atoms with Gasteiger partial charge in [0.2, 0.25) is 0 Å². The normalized spacial score (nSPS) is 35.1. The van der Waals surface area contributed by atoms with Gasteiger partial charge >= 0.3 is 0 Å². The first kappa shape index (κ1) is 8.22. The van der Waals surface area contributed by atoms with Crippen LogP contribution in [-0.4, -0.2) is 5.78 Å². The predicted molar refractivity (Wildman–Crippen MR) is 55.0 cm³/mol. The monoisotopic (exact) mass is 186 g/mol. The van der Waals surface area contributed by atoms with Crippen molar-refractivity contribution in [2.24, 2.45) is 11.8 Å². The van der Waals surface area contributed by atoms with E-state index in [1.165, 1.54) is 12.0 Å². The van der Waals surface area contributed by atoms with Crippen LogP contribution in [-0.2, 0) is 4.79 Å². The number of carbonyl (C=O) groups is 1. The molecule has 3 atom stereocenters. The summed E-state index contributed by atoms with van der Waals surface area (Å²) in [6, 6.07) is 10.3. The van der Waals surface area contributed by atoms with E-state index in [2.05, 4.69) is 12.1 Å². The summed E-state index contributed by atoms with van der Waals surface area (Å²) in [6.45, 7) is 0. The molecule has 1 heteroatoms. The quantitative estimate of drug-likeness (QED) is 0.659. The zero-order valence-electron chi connectivity index (χ0n) is 8.15. The summed E-state index contributed by atoms with van der Waals surface area (Å²) in [5.41, 5.74) is 1.24. The Kier molecular flexibility index (Phi) is 1.73. The van der Waals surface area contributed by atoms with Crippen molar-refractivity contribution < 1.29 is 4.79 Å². The minimum Gasteiger partial charge on any atom is -0.299 e. The van der Waals surface area contributed by atoms with E-state index in [1.54, 1.807) is 0 Å². The summed E-state index contributed by atoms with van der Waals surface area (Å²) >= 11 is 0. The van der Waals surface area contributed by atoms with E-state index in [9.17, 15) is 4.79 Å². The molecule has 2 aliphatic rings. The molecule has 3 rings (SSSR count). The molecule has 2 bridgehead atoms. The fraction of sp³-hybridized carbons (Fsp3) is 0.462. The van der Waals surface area contributed by atoms with Gasteiger partial charge in [0, 0.05) is 11.8 Å². The van der Waals surface area contributed by atoms with Crippen molar-refractivity contribution in [2.45, 2.75) is 25.2 Å². The number of fused-ring (bicyclic) bond motifs is 2. The highest BCUT2D eigenvalue weighted by atomic mass is 16.1. The van der Waals surface area contributed by atoms with Crippen LogP contribution in [0.1, 0.15) is 30.7 Å². The second-order valence-corrected chi connectivity index (χ2v) is 4.56. The molecule has 1 nitrogen and oxygen atoms in total. The van der Waals surface area contributed by atoms with Crippen LogP contribution in [0, 0.1) is 11.8 Å². The molecular formula is C13H14O. The van der Waals surface area contributed by atoms with Gasteiger partial charge in [-0.15, -0.1) is 0 Å². The maximum absolute atomic E-state index is 12.0. The van der Waals surface area contributed by atoms with Crippen LogP contribution < -0.4 is 0 Å². The Labute approximate surface area is 84.1 Å². The van der Waals surface area contributed by atoms with Gasteiger partial charge in [0.25, 0.3) is 0 Å². The lowest BCUT2D eigenvalue weighted by atomic mass is 9.82. The Bertz CT molecular complexity index is 355. The molecular weight excluding hydrogens is 172 g/mol. The van der Waals surface area contributed by atoms with Crippen LogP contribution in [0.4, 0.5) is 0 Å². The first-order valence-electron chi connectivity index (χ1n) is 5.45. The highest BCUT2D eigenvalue weighted by Gasteiger charge is 2.46. The van der Waals surface area contributed by atoms with Crippen LogP contribution in [0.5, 0.6) is 0 Å². The number of Topliss-reactive ketones (excluding diaryl/α,β-unsaturated/α-hetero) is 1. The maximum Gasteiger partial charge on any atom is 0.143 e. The van der Waals surface area contributed by atoms with Crippen LogP contribution in [0.25, 0.3) is 0 Å². The van der Waals surface area contributed by atoms with E-state index in [4.69, 9.17) is 0 Å². The number of benzene rings is 1. The van der Waals surface area contributed by atoms with Crippen molar-refractivity contribution in [3.8, 4) is 0 Å². The predicted octanol–water partition coefficient (Wildman–Crippen LogP) is 2.77. The molecule has 0 aliphatic heterocycles. The van der Waals surface area contributed by atoms with E-state index in [1.807, 2.05) is 18.2 Å². The minimum absolute atomic E-state index is 0.231. The molecule has 0 saturated heterocycles. The van der Waals surface area contributed by atoms with Crippen molar-refractivity contribution in [2.75, 3.05) is 0 Å². The zero-order chi connectivity index (χ0) is 9.54. The topological polar surface area (TPSA) is 17.1 Å². The Hall–Kier alpha value is -1.11. The van der Waals surface area contributed by atoms with Crippen LogP contribution in [0.15, 0.2) is 30.3 Å². The Morgan fingerprint density at radius 2 is 1.86 bits per heavy atom. The fourth-order valence-corrected chi connectivity index (χ4v) is 3.16. The second kappa shape index (κ2) is 2.94. The van der Waals surface area contributed by atoms with Crippen LogP contribution in [0.2, 0.25) is 0 Å². The first-order chi connectivity index (χ1) is 6.86. The van der Waals surface area contributed by atoms with E-state index in [-0.39, 0.29) is 5.92 Å². The molecule has 1 aromatic carbocycles. The number of rotatable bonds is 1. The van der Waals surface area contributed by atoms with Gasteiger partial charge in [-0.1, -0.05) is 30.3 Å². The van der Waals surface area contributed by atoms with E-state index < -0.39 is 0 Å². The van der Waals surface area contributed by atoms with Gasteiger partial charge < -0.3 is 0 Å². The van der Waals surface area contributed by atoms with Gasteiger partial charge in [-0.3, -0.25) is 4.79 Å². The van der Waals surface area contributed by atoms with E-state index >= 15 is 0 Å². The Balaban J connectivity index is 1.97. The lowest BCUT2D eigenvalue weighted by Crippen LogP contribution is -2.19. The minimum atomic E-state index is 0.231. The van der Waals surface area contributed by atoms with Gasteiger partial charge in [0.15, 0.2) is 0 Å². The van der Waals surface area contributed by atoms with E-state index in [0.29, 0.717) is 17.6 Å². The molecule has 0 aromatic heterocycles. The van der Waals surface area contributed by atoms with Gasteiger partial charge in [0.1, 0.15) is 5.78 Å². The molecule has 2 saturated carbocycles. The lowest BCUT2D eigenvalue weighted by Gasteiger charge is -2.20. The van der Waals surface area contributed by atoms with Gasteiger partial charge in [-0.2, -0.15) is 0 Å². The summed E-state index contributed by atoms with van der Waals surface area (Å²) in [5, 5.41) is 0. The first-order valence-corrected chi connectivity index (χ1v) is 5.45. The summed E-state index contributed by atoms with van der Waals surface area (Å²) in [5.74, 6) is 1.78. The Morgan fingerprint density at radius 3 is 2.50 bits per heavy atom. The maximum atomic E-state index is 12.0. The number of ketones is 1. The molecule has 0 amide bonds. The van der Waals surface area contributed by atoms with Crippen LogP contribution >= 0.6 is 0 Å². The molecule has 14 heavy (non-hydrogen) atoms. The highest BCUT2D eigenvalue weighted by Crippen LogP contribution is 2.50. The number of carbonyl (C=O) groups excluding carboxylic acids is 1. The van der Waals surface area contributed by atoms with Crippen molar-refractivity contribution >= 4 is 5.78 Å². The summed E-state index contributed by atoms with van der Waals surface area (Å²) in [4.78, 5) is 12.0. The third kappa shape index (κ3) is 1.05. The third-order valence-corrected chi connectivity index (χ3v) is 3.81. The second-order valence-electron chi connectivity index (χ2n) is 4.56. The average Bonchev–Trinajstić information content (AvgIpc) is 2.79. The van der Waals surface area contributed by atoms with E-state index in [0.717, 1.165) is 12.8 Å². The molecule has 2 aliphatic carbocycles. The molecule has 0 spiro atoms. The van der Waals surface area contributed by atoms with Crippen LogP contribution in [0.3, 0.4) is 0 Å². The summed E-state index contributed by atoms with van der Waals surface area (Å²) in [6.07, 6.45) is 3.56. The SMILES string of the molecule is O=C1C2CC[C@H](C2)C1c1ccccc1. The van der Waals surface area contributed by atoms with Gasteiger partial charge in [-0.25, -0.2) is 0 Å². The Morgan fingerprint density at radius 1 is 1.07 bits per heavy atom. The molecule has 0 radical (unpaired) electrons.